The van der Waals surface area contributed by atoms with E-state index < -0.39 is 0 Å². The molecule has 0 amide bonds. The molecule has 1 N–H and O–H groups in total. The highest BCUT2D eigenvalue weighted by Gasteiger charge is 2.44. The summed E-state index contributed by atoms with van der Waals surface area (Å²) in [5, 5.41) is 9.27. The van der Waals surface area contributed by atoms with Gasteiger partial charge in [0.1, 0.15) is 5.60 Å². The first-order valence-corrected chi connectivity index (χ1v) is 4.74. The molecule has 3 heteroatoms. The van der Waals surface area contributed by atoms with Crippen LogP contribution in [0.1, 0.15) is 25.7 Å². The molecule has 3 nitrogen and oxygen atoms in total. The van der Waals surface area contributed by atoms with Crippen molar-refractivity contribution in [2.24, 2.45) is 0 Å². The topological polar surface area (TPSA) is 38.7 Å². The van der Waals surface area contributed by atoms with E-state index in [1.807, 2.05) is 0 Å². The molecule has 70 valence electrons. The Balaban J connectivity index is 2.04. The van der Waals surface area contributed by atoms with Crippen molar-refractivity contribution in [2.75, 3.05) is 19.8 Å². The second-order valence-electron chi connectivity index (χ2n) is 3.68. The second kappa shape index (κ2) is 3.32. The van der Waals surface area contributed by atoms with Crippen molar-refractivity contribution in [1.82, 2.24) is 0 Å². The van der Waals surface area contributed by atoms with Crippen LogP contribution < -0.4 is 0 Å². The summed E-state index contributed by atoms with van der Waals surface area (Å²) in [7, 11) is 0. The van der Waals surface area contributed by atoms with Crippen LogP contribution >= 0.6 is 0 Å². The molecule has 0 bridgehead atoms. The molecule has 2 rings (SSSR count). The van der Waals surface area contributed by atoms with E-state index in [9.17, 15) is 5.11 Å². The zero-order valence-electron chi connectivity index (χ0n) is 7.29. The van der Waals surface area contributed by atoms with Crippen LogP contribution in [0.15, 0.2) is 0 Å². The van der Waals surface area contributed by atoms with Gasteiger partial charge in [0.25, 0.3) is 0 Å². The number of hydrogen-bond acceptors (Lipinski definition) is 3. The highest BCUT2D eigenvalue weighted by atomic mass is 16.6. The van der Waals surface area contributed by atoms with Crippen LogP contribution in [0.25, 0.3) is 0 Å². The summed E-state index contributed by atoms with van der Waals surface area (Å²) in [4.78, 5) is 0. The van der Waals surface area contributed by atoms with E-state index in [-0.39, 0.29) is 18.3 Å². The van der Waals surface area contributed by atoms with Crippen LogP contribution in [0.5, 0.6) is 0 Å². The van der Waals surface area contributed by atoms with Gasteiger partial charge >= 0.3 is 0 Å². The Morgan fingerprint density at radius 3 is 2.75 bits per heavy atom. The first-order valence-electron chi connectivity index (χ1n) is 4.74. The zero-order valence-corrected chi connectivity index (χ0v) is 7.29. The third-order valence-corrected chi connectivity index (χ3v) is 2.92. The maximum absolute atomic E-state index is 9.27. The zero-order chi connectivity index (χ0) is 8.44. The molecule has 0 aromatic carbocycles. The van der Waals surface area contributed by atoms with E-state index in [2.05, 4.69) is 0 Å². The summed E-state index contributed by atoms with van der Waals surface area (Å²) >= 11 is 0. The Morgan fingerprint density at radius 1 is 1.33 bits per heavy atom. The number of aliphatic hydroxyl groups excluding tert-OH is 1. The number of rotatable bonds is 2. The van der Waals surface area contributed by atoms with Gasteiger partial charge in [-0.3, -0.25) is 0 Å². The minimum atomic E-state index is -0.351. The molecule has 0 radical (unpaired) electrons. The third-order valence-electron chi connectivity index (χ3n) is 2.92. The first-order chi connectivity index (χ1) is 5.87. The minimum absolute atomic E-state index is 0.109. The fraction of sp³-hybridized carbons (Fsp3) is 1.00. The van der Waals surface area contributed by atoms with Gasteiger partial charge in [-0.05, 0) is 25.7 Å². The number of aliphatic hydroxyl groups is 1. The van der Waals surface area contributed by atoms with Crippen molar-refractivity contribution in [3.63, 3.8) is 0 Å². The van der Waals surface area contributed by atoms with E-state index in [1.54, 1.807) is 0 Å². The maximum Gasteiger partial charge on any atom is 0.117 e. The Kier molecular flexibility index (Phi) is 2.35. The van der Waals surface area contributed by atoms with Crippen molar-refractivity contribution >= 4 is 0 Å². The number of ether oxygens (including phenoxy) is 2. The van der Waals surface area contributed by atoms with Crippen molar-refractivity contribution in [3.8, 4) is 0 Å². The van der Waals surface area contributed by atoms with E-state index >= 15 is 0 Å². The molecular formula is C9H16O3. The van der Waals surface area contributed by atoms with Crippen LogP contribution in [0.2, 0.25) is 0 Å². The van der Waals surface area contributed by atoms with Gasteiger partial charge in [-0.15, -0.1) is 0 Å². The highest BCUT2D eigenvalue weighted by Crippen LogP contribution is 2.35. The predicted octanol–water partition coefficient (Wildman–Crippen LogP) is 0.707. The Morgan fingerprint density at radius 2 is 2.25 bits per heavy atom. The standard InChI is InChI=1S/C9H16O3/c10-7-9(4-2-6-12-9)8-3-1-5-11-8/h8,10H,1-7H2/t8-,9+/m1/s1. The van der Waals surface area contributed by atoms with Gasteiger partial charge in [0.2, 0.25) is 0 Å². The summed E-state index contributed by atoms with van der Waals surface area (Å²) in [6.45, 7) is 1.72. The molecule has 0 aromatic heterocycles. The predicted molar refractivity (Wildman–Crippen MR) is 44.0 cm³/mol. The van der Waals surface area contributed by atoms with Gasteiger partial charge in [0, 0.05) is 13.2 Å². The molecule has 0 spiro atoms. The van der Waals surface area contributed by atoms with E-state index in [0.717, 1.165) is 38.9 Å². The molecule has 0 unspecified atom stereocenters. The quantitative estimate of drug-likeness (QED) is 0.666. The summed E-state index contributed by atoms with van der Waals surface area (Å²) < 4.78 is 11.1. The lowest BCUT2D eigenvalue weighted by molar-refractivity contribution is -0.122. The van der Waals surface area contributed by atoms with Gasteiger partial charge in [-0.1, -0.05) is 0 Å². The van der Waals surface area contributed by atoms with Crippen molar-refractivity contribution in [1.29, 1.82) is 0 Å². The first kappa shape index (κ1) is 8.48. The molecule has 0 saturated carbocycles. The van der Waals surface area contributed by atoms with Gasteiger partial charge in [0.05, 0.1) is 12.7 Å². The fourth-order valence-corrected chi connectivity index (χ4v) is 2.19. The van der Waals surface area contributed by atoms with Crippen LogP contribution in [0, 0.1) is 0 Å². The van der Waals surface area contributed by atoms with Gasteiger partial charge in [-0.25, -0.2) is 0 Å². The lowest BCUT2D eigenvalue weighted by Crippen LogP contribution is -2.44. The number of hydrogen-bond donors (Lipinski definition) is 1. The molecule has 2 heterocycles. The minimum Gasteiger partial charge on any atom is -0.393 e. The molecule has 2 fully saturated rings. The van der Waals surface area contributed by atoms with Crippen molar-refractivity contribution in [3.05, 3.63) is 0 Å². The second-order valence-corrected chi connectivity index (χ2v) is 3.68. The lowest BCUT2D eigenvalue weighted by atomic mass is 9.92. The van der Waals surface area contributed by atoms with Crippen LogP contribution in [-0.4, -0.2) is 36.6 Å². The smallest absolute Gasteiger partial charge is 0.117 e. The largest absolute Gasteiger partial charge is 0.393 e. The Bertz CT molecular complexity index is 146. The fourth-order valence-electron chi connectivity index (χ4n) is 2.19. The average molecular weight is 172 g/mol. The molecule has 2 atom stereocenters. The maximum atomic E-state index is 9.27. The van der Waals surface area contributed by atoms with E-state index in [0.29, 0.717) is 0 Å². The summed E-state index contributed by atoms with van der Waals surface area (Å²) in [5.74, 6) is 0. The molecule has 2 aliphatic heterocycles. The summed E-state index contributed by atoms with van der Waals surface area (Å²) in [5.41, 5.74) is -0.351. The van der Waals surface area contributed by atoms with Gasteiger partial charge in [0.15, 0.2) is 0 Å². The normalized spacial score (nSPS) is 42.2. The molecule has 0 aliphatic carbocycles. The van der Waals surface area contributed by atoms with E-state index in [4.69, 9.17) is 9.47 Å². The van der Waals surface area contributed by atoms with Gasteiger partial charge in [-0.2, -0.15) is 0 Å². The highest BCUT2D eigenvalue weighted by molar-refractivity contribution is 4.94. The molecule has 12 heavy (non-hydrogen) atoms. The van der Waals surface area contributed by atoms with Crippen LogP contribution in [-0.2, 0) is 9.47 Å². The Labute approximate surface area is 72.7 Å². The SMILES string of the molecule is OC[C@]1([C@H]2CCCO2)CCCO1. The van der Waals surface area contributed by atoms with Crippen molar-refractivity contribution in [2.45, 2.75) is 37.4 Å². The van der Waals surface area contributed by atoms with Crippen LogP contribution in [0.3, 0.4) is 0 Å². The van der Waals surface area contributed by atoms with Crippen LogP contribution in [0.4, 0.5) is 0 Å². The lowest BCUT2D eigenvalue weighted by Gasteiger charge is -2.31. The molecule has 0 aromatic rings. The summed E-state index contributed by atoms with van der Waals surface area (Å²) in [6, 6.07) is 0. The molecule has 2 aliphatic rings. The van der Waals surface area contributed by atoms with E-state index in [1.165, 1.54) is 0 Å². The van der Waals surface area contributed by atoms with Gasteiger partial charge < -0.3 is 14.6 Å². The third kappa shape index (κ3) is 1.26. The van der Waals surface area contributed by atoms with Crippen molar-refractivity contribution < 1.29 is 14.6 Å². The Hall–Kier alpha value is -0.120. The summed E-state index contributed by atoms with van der Waals surface area (Å²) in [6.07, 6.45) is 4.30. The molecular weight excluding hydrogens is 156 g/mol. The monoisotopic (exact) mass is 172 g/mol. The molecule has 2 saturated heterocycles. The average Bonchev–Trinajstić information content (AvgIpc) is 2.76.